The van der Waals surface area contributed by atoms with E-state index in [4.69, 9.17) is 5.73 Å². The Kier molecular flexibility index (Phi) is 4.85. The Morgan fingerprint density at radius 1 is 1.20 bits per heavy atom. The first-order valence-corrected chi connectivity index (χ1v) is 6.71. The molecule has 2 N–H and O–H groups in total. The zero-order valence-corrected chi connectivity index (χ0v) is 11.6. The fourth-order valence-electron chi connectivity index (χ4n) is 2.03. The van der Waals surface area contributed by atoms with Gasteiger partial charge in [-0.05, 0) is 24.6 Å². The van der Waals surface area contributed by atoms with E-state index >= 15 is 0 Å². The Morgan fingerprint density at radius 3 is 2.50 bits per heavy atom. The summed E-state index contributed by atoms with van der Waals surface area (Å²) in [5.74, 6) is -0.0793. The highest BCUT2D eigenvalue weighted by atomic mass is 16.2. The molecule has 104 valence electrons. The van der Waals surface area contributed by atoms with Gasteiger partial charge >= 0.3 is 0 Å². The summed E-state index contributed by atoms with van der Waals surface area (Å²) in [5, 5.41) is 0. The molecule has 1 amide bonds. The summed E-state index contributed by atoms with van der Waals surface area (Å²) in [5.41, 5.74) is 7.75. The van der Waals surface area contributed by atoms with Crippen molar-refractivity contribution in [3.8, 4) is 0 Å². The van der Waals surface area contributed by atoms with Gasteiger partial charge in [0.05, 0.1) is 12.2 Å². The van der Waals surface area contributed by atoms with Crippen molar-refractivity contribution in [3.05, 3.63) is 66.0 Å². The van der Waals surface area contributed by atoms with E-state index in [1.165, 1.54) is 0 Å². The fraction of sp³-hybridized carbons (Fsp3) is 0.250. The van der Waals surface area contributed by atoms with Crippen LogP contribution < -0.4 is 5.73 Å². The maximum absolute atomic E-state index is 12.5. The van der Waals surface area contributed by atoms with E-state index in [-0.39, 0.29) is 5.91 Å². The molecule has 0 saturated carbocycles. The molecule has 0 radical (unpaired) electrons. The fourth-order valence-corrected chi connectivity index (χ4v) is 2.03. The molecule has 1 atom stereocenters. The summed E-state index contributed by atoms with van der Waals surface area (Å²) < 4.78 is 0. The van der Waals surface area contributed by atoms with Crippen molar-refractivity contribution in [2.75, 3.05) is 6.54 Å². The normalized spacial score (nSPS) is 11.9. The number of likely N-dealkylation sites (N-methyl/N-ethyl adjacent to an activating group) is 1. The van der Waals surface area contributed by atoms with Crippen molar-refractivity contribution < 1.29 is 4.79 Å². The number of hydrogen-bond acceptors (Lipinski definition) is 3. The molecule has 1 aromatic carbocycles. The molecular weight excluding hydrogens is 250 g/mol. The Morgan fingerprint density at radius 2 is 1.90 bits per heavy atom. The van der Waals surface area contributed by atoms with Crippen LogP contribution in [0.1, 0.15) is 24.2 Å². The summed E-state index contributed by atoms with van der Waals surface area (Å²) >= 11 is 0. The van der Waals surface area contributed by atoms with Gasteiger partial charge in [-0.3, -0.25) is 9.78 Å². The molecule has 0 bridgehead atoms. The number of hydrogen-bond donors (Lipinski definition) is 1. The predicted octanol–water partition coefficient (Wildman–Crippen LogP) is 2.13. The van der Waals surface area contributed by atoms with Gasteiger partial charge in [-0.25, -0.2) is 0 Å². The Hall–Kier alpha value is -2.20. The van der Waals surface area contributed by atoms with Crippen molar-refractivity contribution in [1.82, 2.24) is 9.88 Å². The minimum absolute atomic E-state index is 0.0793. The van der Waals surface area contributed by atoms with Crippen LogP contribution in [-0.4, -0.2) is 22.3 Å². The number of nitrogens with zero attached hydrogens (tertiary/aromatic N) is 2. The summed E-state index contributed by atoms with van der Waals surface area (Å²) in [6, 6.07) is 14.5. The minimum Gasteiger partial charge on any atom is -0.335 e. The van der Waals surface area contributed by atoms with Gasteiger partial charge in [0, 0.05) is 12.7 Å². The number of carbonyl (C=O) groups is 1. The summed E-state index contributed by atoms with van der Waals surface area (Å²) in [4.78, 5) is 18.4. The zero-order valence-electron chi connectivity index (χ0n) is 11.6. The number of rotatable bonds is 5. The maximum atomic E-state index is 12.5. The number of benzene rings is 1. The highest BCUT2D eigenvalue weighted by molar-refractivity contribution is 5.83. The lowest BCUT2D eigenvalue weighted by molar-refractivity contribution is -0.133. The first-order valence-electron chi connectivity index (χ1n) is 6.71. The van der Waals surface area contributed by atoms with Crippen LogP contribution in [-0.2, 0) is 11.3 Å². The molecule has 0 aliphatic rings. The lowest BCUT2D eigenvalue weighted by Crippen LogP contribution is -2.38. The monoisotopic (exact) mass is 269 g/mol. The summed E-state index contributed by atoms with van der Waals surface area (Å²) in [6.07, 6.45) is 1.73. The molecular formula is C16H19N3O. The van der Waals surface area contributed by atoms with Gasteiger partial charge in [0.2, 0.25) is 5.91 Å². The molecule has 2 aromatic rings. The first-order chi connectivity index (χ1) is 9.72. The van der Waals surface area contributed by atoms with Crippen molar-refractivity contribution in [1.29, 1.82) is 0 Å². The van der Waals surface area contributed by atoms with Gasteiger partial charge in [0.15, 0.2) is 0 Å². The van der Waals surface area contributed by atoms with Gasteiger partial charge in [-0.2, -0.15) is 0 Å². The summed E-state index contributed by atoms with van der Waals surface area (Å²) in [7, 11) is 0. The number of pyridine rings is 1. The number of nitrogens with two attached hydrogens (primary N) is 1. The van der Waals surface area contributed by atoms with Crippen LogP contribution in [0.3, 0.4) is 0 Å². The highest BCUT2D eigenvalue weighted by Crippen LogP contribution is 2.14. The van der Waals surface area contributed by atoms with E-state index < -0.39 is 6.04 Å². The molecule has 1 heterocycles. The van der Waals surface area contributed by atoms with Crippen LogP contribution in [0, 0.1) is 0 Å². The quantitative estimate of drug-likeness (QED) is 0.904. The van der Waals surface area contributed by atoms with Crippen molar-refractivity contribution in [2.45, 2.75) is 19.5 Å². The maximum Gasteiger partial charge on any atom is 0.244 e. The number of carbonyl (C=O) groups excluding carboxylic acids is 1. The second-order valence-electron chi connectivity index (χ2n) is 4.56. The molecule has 1 unspecified atom stereocenters. The lowest BCUT2D eigenvalue weighted by Gasteiger charge is -2.24. The van der Waals surface area contributed by atoms with Crippen LogP contribution in [0.15, 0.2) is 54.7 Å². The highest BCUT2D eigenvalue weighted by Gasteiger charge is 2.21. The smallest absolute Gasteiger partial charge is 0.244 e. The third kappa shape index (κ3) is 3.42. The Balaban J connectivity index is 2.09. The van der Waals surface area contributed by atoms with Gasteiger partial charge < -0.3 is 10.6 Å². The van der Waals surface area contributed by atoms with Crippen LogP contribution in [0.2, 0.25) is 0 Å². The second kappa shape index (κ2) is 6.82. The van der Waals surface area contributed by atoms with Crippen molar-refractivity contribution >= 4 is 5.91 Å². The summed E-state index contributed by atoms with van der Waals surface area (Å²) in [6.45, 7) is 3.03. The van der Waals surface area contributed by atoms with Crippen LogP contribution in [0.25, 0.3) is 0 Å². The predicted molar refractivity (Wildman–Crippen MR) is 78.7 cm³/mol. The van der Waals surface area contributed by atoms with Gasteiger partial charge in [0.1, 0.15) is 6.04 Å². The second-order valence-corrected chi connectivity index (χ2v) is 4.56. The molecule has 4 heteroatoms. The van der Waals surface area contributed by atoms with E-state index in [0.717, 1.165) is 11.3 Å². The average molecular weight is 269 g/mol. The average Bonchev–Trinajstić information content (AvgIpc) is 2.53. The van der Waals surface area contributed by atoms with E-state index in [2.05, 4.69) is 4.98 Å². The van der Waals surface area contributed by atoms with Gasteiger partial charge in [-0.15, -0.1) is 0 Å². The van der Waals surface area contributed by atoms with E-state index in [0.29, 0.717) is 13.1 Å². The van der Waals surface area contributed by atoms with Crippen molar-refractivity contribution in [2.24, 2.45) is 5.73 Å². The number of aromatic nitrogens is 1. The van der Waals surface area contributed by atoms with E-state index in [1.54, 1.807) is 11.1 Å². The molecule has 0 spiro atoms. The third-order valence-electron chi connectivity index (χ3n) is 3.20. The largest absolute Gasteiger partial charge is 0.335 e. The SMILES string of the molecule is CCN(Cc1ccccn1)C(=O)C(N)c1ccccc1. The van der Waals surface area contributed by atoms with Crippen LogP contribution in [0.5, 0.6) is 0 Å². The zero-order chi connectivity index (χ0) is 14.4. The van der Waals surface area contributed by atoms with Gasteiger partial charge in [-0.1, -0.05) is 36.4 Å². The van der Waals surface area contributed by atoms with Crippen molar-refractivity contribution in [3.63, 3.8) is 0 Å². The van der Waals surface area contributed by atoms with Gasteiger partial charge in [0.25, 0.3) is 0 Å². The molecule has 0 aliphatic carbocycles. The Bertz CT molecular complexity index is 542. The molecule has 0 saturated heterocycles. The molecule has 2 rings (SSSR count). The standard InChI is InChI=1S/C16H19N3O/c1-2-19(12-14-10-6-7-11-18-14)16(20)15(17)13-8-4-3-5-9-13/h3-11,15H,2,12,17H2,1H3. The minimum atomic E-state index is -0.625. The molecule has 0 fully saturated rings. The molecule has 4 nitrogen and oxygen atoms in total. The van der Waals surface area contributed by atoms with Crippen LogP contribution in [0.4, 0.5) is 0 Å². The molecule has 0 aliphatic heterocycles. The lowest BCUT2D eigenvalue weighted by atomic mass is 10.1. The van der Waals surface area contributed by atoms with Crippen LogP contribution >= 0.6 is 0 Å². The Labute approximate surface area is 119 Å². The van der Waals surface area contributed by atoms with E-state index in [1.807, 2.05) is 55.5 Å². The topological polar surface area (TPSA) is 59.2 Å². The molecule has 1 aromatic heterocycles. The third-order valence-corrected chi connectivity index (χ3v) is 3.20. The van der Waals surface area contributed by atoms with E-state index in [9.17, 15) is 4.79 Å². The number of amides is 1. The molecule has 20 heavy (non-hydrogen) atoms. The first kappa shape index (κ1) is 14.2.